The third kappa shape index (κ3) is 4.09. The van der Waals surface area contributed by atoms with Crippen molar-refractivity contribution in [1.82, 2.24) is 4.90 Å². The Morgan fingerprint density at radius 3 is 2.90 bits per heavy atom. The largest absolute Gasteiger partial charge is 0.368 e. The van der Waals surface area contributed by atoms with E-state index in [9.17, 15) is 4.79 Å². The van der Waals surface area contributed by atoms with Crippen LogP contribution in [0.25, 0.3) is 0 Å². The summed E-state index contributed by atoms with van der Waals surface area (Å²) in [6, 6.07) is 7.49. The minimum Gasteiger partial charge on any atom is -0.368 e. The molecular formula is C16H18BrNO2. The van der Waals surface area contributed by atoms with Crippen LogP contribution in [-0.2, 0) is 4.74 Å². The molecule has 0 saturated carbocycles. The summed E-state index contributed by atoms with van der Waals surface area (Å²) >= 11 is 3.38. The van der Waals surface area contributed by atoms with E-state index < -0.39 is 0 Å². The zero-order valence-corrected chi connectivity index (χ0v) is 12.9. The molecule has 2 rings (SSSR count). The molecule has 0 radical (unpaired) electrons. The Morgan fingerprint density at radius 1 is 1.45 bits per heavy atom. The van der Waals surface area contributed by atoms with E-state index in [1.165, 1.54) is 0 Å². The molecule has 1 fully saturated rings. The summed E-state index contributed by atoms with van der Waals surface area (Å²) in [7, 11) is 0. The van der Waals surface area contributed by atoms with E-state index in [4.69, 9.17) is 11.2 Å². The molecule has 0 spiro atoms. The third-order valence-electron chi connectivity index (χ3n) is 3.44. The van der Waals surface area contributed by atoms with E-state index >= 15 is 0 Å². The molecule has 1 aliphatic rings. The predicted octanol–water partition coefficient (Wildman–Crippen LogP) is 2.95. The van der Waals surface area contributed by atoms with Crippen LogP contribution in [0.2, 0.25) is 0 Å². The van der Waals surface area contributed by atoms with Crippen molar-refractivity contribution in [3.8, 4) is 12.3 Å². The van der Waals surface area contributed by atoms with Gasteiger partial charge in [0.15, 0.2) is 0 Å². The van der Waals surface area contributed by atoms with Gasteiger partial charge in [0.25, 0.3) is 5.91 Å². The van der Waals surface area contributed by atoms with Crippen molar-refractivity contribution in [1.29, 1.82) is 0 Å². The number of rotatable bonds is 4. The molecule has 1 heterocycles. The molecule has 0 aliphatic carbocycles. The Bertz CT molecular complexity index is 492. The number of ether oxygens (including phenoxy) is 1. The average Bonchev–Trinajstić information content (AvgIpc) is 2.48. The number of terminal acetylenes is 1. The normalized spacial score (nSPS) is 18.6. The second kappa shape index (κ2) is 7.47. The van der Waals surface area contributed by atoms with Crippen molar-refractivity contribution in [2.45, 2.75) is 12.8 Å². The third-order valence-corrected chi connectivity index (χ3v) is 3.96. The zero-order chi connectivity index (χ0) is 14.4. The SMILES string of the molecule is C#CCOCC1CCCN(C(=O)c2ccc(Br)cc2)C1. The molecular weight excluding hydrogens is 318 g/mol. The van der Waals surface area contributed by atoms with Crippen molar-refractivity contribution in [3.05, 3.63) is 34.3 Å². The number of hydrogen-bond donors (Lipinski definition) is 0. The van der Waals surface area contributed by atoms with Gasteiger partial charge < -0.3 is 9.64 Å². The lowest BCUT2D eigenvalue weighted by molar-refractivity contribution is 0.0534. The van der Waals surface area contributed by atoms with Gasteiger partial charge in [0.05, 0.1) is 6.61 Å². The summed E-state index contributed by atoms with van der Waals surface area (Å²) in [4.78, 5) is 14.3. The van der Waals surface area contributed by atoms with E-state index in [0.29, 0.717) is 19.1 Å². The number of piperidine rings is 1. The van der Waals surface area contributed by atoms with Crippen LogP contribution in [0.3, 0.4) is 0 Å². The Labute approximate surface area is 128 Å². The van der Waals surface area contributed by atoms with Crippen molar-refractivity contribution in [2.75, 3.05) is 26.3 Å². The molecule has 1 atom stereocenters. The molecule has 0 bridgehead atoms. The molecule has 20 heavy (non-hydrogen) atoms. The molecule has 106 valence electrons. The van der Waals surface area contributed by atoms with Crippen molar-refractivity contribution in [3.63, 3.8) is 0 Å². The maximum atomic E-state index is 12.4. The van der Waals surface area contributed by atoms with Crippen LogP contribution in [0, 0.1) is 18.3 Å². The number of benzene rings is 1. The van der Waals surface area contributed by atoms with Crippen LogP contribution >= 0.6 is 15.9 Å². The van der Waals surface area contributed by atoms with E-state index in [1.54, 1.807) is 0 Å². The highest BCUT2D eigenvalue weighted by Crippen LogP contribution is 2.20. The van der Waals surface area contributed by atoms with Gasteiger partial charge in [-0.2, -0.15) is 0 Å². The maximum Gasteiger partial charge on any atom is 0.253 e. The van der Waals surface area contributed by atoms with Crippen LogP contribution in [0.1, 0.15) is 23.2 Å². The van der Waals surface area contributed by atoms with Crippen molar-refractivity contribution >= 4 is 21.8 Å². The summed E-state index contributed by atoms with van der Waals surface area (Å²) < 4.78 is 6.37. The van der Waals surface area contributed by atoms with Crippen LogP contribution < -0.4 is 0 Å². The van der Waals surface area contributed by atoms with Crippen LogP contribution in [0.5, 0.6) is 0 Å². The van der Waals surface area contributed by atoms with Gasteiger partial charge in [0.1, 0.15) is 6.61 Å². The van der Waals surface area contributed by atoms with E-state index in [2.05, 4.69) is 21.9 Å². The van der Waals surface area contributed by atoms with Crippen LogP contribution in [0.4, 0.5) is 0 Å². The number of carbonyl (C=O) groups excluding carboxylic acids is 1. The first-order valence-corrected chi connectivity index (χ1v) is 7.56. The van der Waals surface area contributed by atoms with E-state index in [1.807, 2.05) is 29.2 Å². The van der Waals surface area contributed by atoms with E-state index in [0.717, 1.165) is 36.0 Å². The number of likely N-dealkylation sites (tertiary alicyclic amines) is 1. The lowest BCUT2D eigenvalue weighted by Gasteiger charge is -2.32. The Hall–Kier alpha value is -1.31. The first-order valence-electron chi connectivity index (χ1n) is 6.76. The highest BCUT2D eigenvalue weighted by molar-refractivity contribution is 9.10. The fraction of sp³-hybridized carbons (Fsp3) is 0.438. The Balaban J connectivity index is 1.93. The molecule has 1 aromatic rings. The average molecular weight is 336 g/mol. The molecule has 3 nitrogen and oxygen atoms in total. The fourth-order valence-electron chi connectivity index (χ4n) is 2.45. The predicted molar refractivity (Wildman–Crippen MR) is 82.4 cm³/mol. The summed E-state index contributed by atoms with van der Waals surface area (Å²) in [5, 5.41) is 0. The van der Waals surface area contributed by atoms with Gasteiger partial charge in [-0.05, 0) is 37.1 Å². The second-order valence-electron chi connectivity index (χ2n) is 4.99. The van der Waals surface area contributed by atoms with Gasteiger partial charge in [-0.1, -0.05) is 21.9 Å². The van der Waals surface area contributed by atoms with Gasteiger partial charge in [-0.25, -0.2) is 0 Å². The molecule has 1 amide bonds. The molecule has 1 aliphatic heterocycles. The van der Waals surface area contributed by atoms with Gasteiger partial charge >= 0.3 is 0 Å². The fourth-order valence-corrected chi connectivity index (χ4v) is 2.71. The van der Waals surface area contributed by atoms with Gasteiger partial charge in [-0.3, -0.25) is 4.79 Å². The molecule has 1 aromatic carbocycles. The van der Waals surface area contributed by atoms with Crippen molar-refractivity contribution < 1.29 is 9.53 Å². The number of halogens is 1. The maximum absolute atomic E-state index is 12.4. The number of hydrogen-bond acceptors (Lipinski definition) is 2. The van der Waals surface area contributed by atoms with Gasteiger partial charge in [0.2, 0.25) is 0 Å². The molecule has 1 unspecified atom stereocenters. The Kier molecular flexibility index (Phi) is 5.63. The molecule has 0 N–H and O–H groups in total. The molecule has 0 aromatic heterocycles. The first kappa shape index (κ1) is 15.1. The zero-order valence-electron chi connectivity index (χ0n) is 11.3. The number of nitrogens with zero attached hydrogens (tertiary/aromatic N) is 1. The quantitative estimate of drug-likeness (QED) is 0.625. The summed E-state index contributed by atoms with van der Waals surface area (Å²) in [5.74, 6) is 2.95. The topological polar surface area (TPSA) is 29.5 Å². The van der Waals surface area contributed by atoms with Crippen LogP contribution in [-0.4, -0.2) is 37.1 Å². The highest BCUT2D eigenvalue weighted by atomic mass is 79.9. The summed E-state index contributed by atoms with van der Waals surface area (Å²) in [6.45, 7) is 2.55. The van der Waals surface area contributed by atoms with Gasteiger partial charge in [0, 0.05) is 29.0 Å². The standard InChI is InChI=1S/C16H18BrNO2/c1-2-10-20-12-13-4-3-9-18(11-13)16(19)14-5-7-15(17)8-6-14/h1,5-8,13H,3-4,9-12H2. The molecule has 1 saturated heterocycles. The molecule has 4 heteroatoms. The monoisotopic (exact) mass is 335 g/mol. The number of carbonyl (C=O) groups is 1. The van der Waals surface area contributed by atoms with E-state index in [-0.39, 0.29) is 5.91 Å². The minimum absolute atomic E-state index is 0.0964. The first-order chi connectivity index (χ1) is 9.70. The summed E-state index contributed by atoms with van der Waals surface area (Å²) in [5.41, 5.74) is 0.735. The second-order valence-corrected chi connectivity index (χ2v) is 5.90. The highest BCUT2D eigenvalue weighted by Gasteiger charge is 2.24. The van der Waals surface area contributed by atoms with Gasteiger partial charge in [-0.15, -0.1) is 6.42 Å². The number of amides is 1. The minimum atomic E-state index is 0.0964. The lowest BCUT2D eigenvalue weighted by atomic mass is 9.98. The smallest absolute Gasteiger partial charge is 0.253 e. The summed E-state index contributed by atoms with van der Waals surface area (Å²) in [6.07, 6.45) is 7.28. The lowest BCUT2D eigenvalue weighted by Crippen LogP contribution is -2.41. The van der Waals surface area contributed by atoms with Crippen LogP contribution in [0.15, 0.2) is 28.7 Å². The van der Waals surface area contributed by atoms with Crippen molar-refractivity contribution in [2.24, 2.45) is 5.92 Å². The Morgan fingerprint density at radius 2 is 2.20 bits per heavy atom.